The van der Waals surface area contributed by atoms with E-state index in [0.717, 1.165) is 57.3 Å². The highest BCUT2D eigenvalue weighted by molar-refractivity contribution is 5.85. The van der Waals surface area contributed by atoms with E-state index in [1.165, 1.54) is 23.1 Å². The van der Waals surface area contributed by atoms with Crippen LogP contribution in [0.5, 0.6) is 5.75 Å². The van der Waals surface area contributed by atoms with E-state index >= 15 is 0 Å². The largest absolute Gasteiger partial charge is 0.493 e. The first kappa shape index (κ1) is 20.1. The number of aryl methyl sites for hydroxylation is 1. The van der Waals surface area contributed by atoms with E-state index in [2.05, 4.69) is 24.4 Å². The molecule has 1 heterocycles. The smallest absolute Gasteiger partial charge is 0.303 e. The molecule has 2 aliphatic rings. The molecule has 3 rings (SSSR count). The Morgan fingerprint density at radius 2 is 2.08 bits per heavy atom. The van der Waals surface area contributed by atoms with Crippen molar-refractivity contribution < 1.29 is 14.6 Å². The van der Waals surface area contributed by atoms with Gasteiger partial charge in [-0.2, -0.15) is 0 Å². The summed E-state index contributed by atoms with van der Waals surface area (Å²) in [5.74, 6) is 0.415. The molecule has 5 heteroatoms. The molecule has 0 spiro atoms. The van der Waals surface area contributed by atoms with Crippen molar-refractivity contribution >= 4 is 18.4 Å². The SMILES string of the molecule is CC(CCCCCC(=O)O)NC1CCc2cc3c(cc2C1)OCC3.Cl. The number of ether oxygens (including phenoxy) is 1. The van der Waals surface area contributed by atoms with Gasteiger partial charge in [0, 0.05) is 24.9 Å². The van der Waals surface area contributed by atoms with Crippen LogP contribution in [0.15, 0.2) is 12.1 Å². The summed E-state index contributed by atoms with van der Waals surface area (Å²) in [7, 11) is 0. The maximum absolute atomic E-state index is 10.5. The summed E-state index contributed by atoms with van der Waals surface area (Å²) in [4.78, 5) is 10.5. The van der Waals surface area contributed by atoms with Gasteiger partial charge in [0.2, 0.25) is 0 Å². The Balaban J connectivity index is 0.00000225. The van der Waals surface area contributed by atoms with E-state index in [1.807, 2.05) is 0 Å². The topological polar surface area (TPSA) is 58.6 Å². The molecule has 0 amide bonds. The van der Waals surface area contributed by atoms with E-state index in [9.17, 15) is 4.79 Å². The number of carbonyl (C=O) groups is 1. The summed E-state index contributed by atoms with van der Waals surface area (Å²) in [6.45, 7) is 3.08. The second kappa shape index (κ2) is 9.44. The molecule has 2 unspecified atom stereocenters. The lowest BCUT2D eigenvalue weighted by Crippen LogP contribution is -2.40. The molecule has 1 aromatic carbocycles. The van der Waals surface area contributed by atoms with Crippen molar-refractivity contribution in [3.05, 3.63) is 28.8 Å². The number of carboxylic acids is 1. The average molecular weight is 368 g/mol. The molecule has 4 nitrogen and oxygen atoms in total. The van der Waals surface area contributed by atoms with Crippen LogP contribution in [0, 0.1) is 0 Å². The van der Waals surface area contributed by atoms with Crippen LogP contribution in [0.4, 0.5) is 0 Å². The minimum absolute atomic E-state index is 0. The first-order valence-electron chi connectivity index (χ1n) is 9.37. The molecular weight excluding hydrogens is 338 g/mol. The highest BCUT2D eigenvalue weighted by Crippen LogP contribution is 2.32. The molecule has 0 radical (unpaired) electrons. The lowest BCUT2D eigenvalue weighted by atomic mass is 9.86. The molecule has 1 aliphatic heterocycles. The number of halogens is 1. The summed E-state index contributed by atoms with van der Waals surface area (Å²) in [6.07, 6.45) is 8.84. The van der Waals surface area contributed by atoms with Gasteiger partial charge in [0.15, 0.2) is 0 Å². The monoisotopic (exact) mass is 367 g/mol. The van der Waals surface area contributed by atoms with E-state index in [4.69, 9.17) is 9.84 Å². The van der Waals surface area contributed by atoms with Crippen LogP contribution in [-0.2, 0) is 24.1 Å². The zero-order valence-corrected chi connectivity index (χ0v) is 15.9. The number of unbranched alkanes of at least 4 members (excludes halogenated alkanes) is 2. The summed E-state index contributed by atoms with van der Waals surface area (Å²) >= 11 is 0. The van der Waals surface area contributed by atoms with Gasteiger partial charge in [-0.3, -0.25) is 4.79 Å². The molecule has 0 fully saturated rings. The van der Waals surface area contributed by atoms with Gasteiger partial charge in [-0.05, 0) is 61.8 Å². The third-order valence-electron chi connectivity index (χ3n) is 5.29. The highest BCUT2D eigenvalue weighted by Gasteiger charge is 2.23. The maximum atomic E-state index is 10.5. The molecule has 1 aromatic rings. The number of benzene rings is 1. The lowest BCUT2D eigenvalue weighted by molar-refractivity contribution is -0.137. The van der Waals surface area contributed by atoms with Gasteiger partial charge in [-0.1, -0.05) is 18.9 Å². The summed E-state index contributed by atoms with van der Waals surface area (Å²) < 4.78 is 5.71. The first-order valence-corrected chi connectivity index (χ1v) is 9.37. The van der Waals surface area contributed by atoms with Crippen molar-refractivity contribution in [3.8, 4) is 5.75 Å². The van der Waals surface area contributed by atoms with Gasteiger partial charge in [-0.15, -0.1) is 12.4 Å². The Morgan fingerprint density at radius 3 is 2.88 bits per heavy atom. The Kier molecular flexibility index (Phi) is 7.57. The third kappa shape index (κ3) is 5.61. The highest BCUT2D eigenvalue weighted by atomic mass is 35.5. The van der Waals surface area contributed by atoms with Crippen LogP contribution < -0.4 is 10.1 Å². The summed E-state index contributed by atoms with van der Waals surface area (Å²) in [6, 6.07) is 5.67. The fraction of sp³-hybridized carbons (Fsp3) is 0.650. The molecule has 0 bridgehead atoms. The van der Waals surface area contributed by atoms with Crippen molar-refractivity contribution in [1.82, 2.24) is 5.32 Å². The minimum atomic E-state index is -0.683. The molecule has 0 saturated carbocycles. The van der Waals surface area contributed by atoms with Crippen LogP contribution in [-0.4, -0.2) is 29.8 Å². The minimum Gasteiger partial charge on any atom is -0.493 e. The normalized spacial score (nSPS) is 19.3. The Hall–Kier alpha value is -1.26. The van der Waals surface area contributed by atoms with Crippen molar-refractivity contribution in [2.24, 2.45) is 0 Å². The molecule has 0 aromatic heterocycles. The molecule has 25 heavy (non-hydrogen) atoms. The first-order chi connectivity index (χ1) is 11.6. The molecule has 2 N–H and O–H groups in total. The van der Waals surface area contributed by atoms with Gasteiger partial charge >= 0.3 is 5.97 Å². The quantitative estimate of drug-likeness (QED) is 0.684. The molecule has 140 valence electrons. The summed E-state index contributed by atoms with van der Waals surface area (Å²) in [5, 5.41) is 12.4. The van der Waals surface area contributed by atoms with E-state index in [1.54, 1.807) is 0 Å². The van der Waals surface area contributed by atoms with Gasteiger partial charge in [0.25, 0.3) is 0 Å². The van der Waals surface area contributed by atoms with Crippen LogP contribution in [0.3, 0.4) is 0 Å². The lowest BCUT2D eigenvalue weighted by Gasteiger charge is -2.29. The van der Waals surface area contributed by atoms with Gasteiger partial charge in [0.05, 0.1) is 6.61 Å². The zero-order valence-electron chi connectivity index (χ0n) is 15.1. The average Bonchev–Trinajstić information content (AvgIpc) is 2.99. The van der Waals surface area contributed by atoms with E-state index in [-0.39, 0.29) is 12.4 Å². The number of rotatable bonds is 8. The Morgan fingerprint density at radius 1 is 1.24 bits per heavy atom. The second-order valence-electron chi connectivity index (χ2n) is 7.33. The number of nitrogens with one attached hydrogen (secondary N) is 1. The fourth-order valence-electron chi connectivity index (χ4n) is 3.97. The van der Waals surface area contributed by atoms with E-state index in [0.29, 0.717) is 18.5 Å². The maximum Gasteiger partial charge on any atom is 0.303 e. The van der Waals surface area contributed by atoms with Crippen molar-refractivity contribution in [2.75, 3.05) is 6.61 Å². The fourth-order valence-corrected chi connectivity index (χ4v) is 3.97. The van der Waals surface area contributed by atoms with Crippen LogP contribution in [0.25, 0.3) is 0 Å². The van der Waals surface area contributed by atoms with Gasteiger partial charge in [0.1, 0.15) is 5.75 Å². The predicted molar refractivity (Wildman–Crippen MR) is 102 cm³/mol. The van der Waals surface area contributed by atoms with Crippen molar-refractivity contribution in [3.63, 3.8) is 0 Å². The molecule has 1 aliphatic carbocycles. The molecular formula is C20H30ClNO3. The zero-order chi connectivity index (χ0) is 16.9. The van der Waals surface area contributed by atoms with Gasteiger partial charge < -0.3 is 15.2 Å². The van der Waals surface area contributed by atoms with Crippen LogP contribution in [0.1, 0.15) is 62.1 Å². The van der Waals surface area contributed by atoms with Crippen LogP contribution in [0.2, 0.25) is 0 Å². The van der Waals surface area contributed by atoms with Crippen molar-refractivity contribution in [1.29, 1.82) is 0 Å². The second-order valence-corrected chi connectivity index (χ2v) is 7.33. The van der Waals surface area contributed by atoms with Crippen LogP contribution >= 0.6 is 12.4 Å². The number of fused-ring (bicyclic) bond motifs is 2. The number of hydrogen-bond donors (Lipinski definition) is 2. The van der Waals surface area contributed by atoms with Crippen molar-refractivity contribution in [2.45, 2.75) is 76.8 Å². The predicted octanol–water partition coefficient (Wildman–Crippen LogP) is 3.91. The summed E-state index contributed by atoms with van der Waals surface area (Å²) in [5.41, 5.74) is 4.35. The number of aliphatic carboxylic acids is 1. The molecule has 2 atom stereocenters. The van der Waals surface area contributed by atoms with Gasteiger partial charge in [-0.25, -0.2) is 0 Å². The Bertz CT molecular complexity index is 591. The Labute approximate surface area is 156 Å². The van der Waals surface area contributed by atoms with E-state index < -0.39 is 5.97 Å². The standard InChI is InChI=1S/C20H29NO3.ClH/c1-14(5-3-2-4-6-20(22)23)21-18-8-7-15-11-16-9-10-24-19(16)13-17(15)12-18;/h11,13-14,18,21H,2-10,12H2,1H3,(H,22,23);1H. The third-order valence-corrected chi connectivity index (χ3v) is 5.29. The number of hydrogen-bond acceptors (Lipinski definition) is 3. The number of carboxylic acid groups (broad SMARTS) is 1. The molecule has 0 saturated heterocycles.